The van der Waals surface area contributed by atoms with Crippen LogP contribution in [0.4, 0.5) is 18.9 Å². The number of rotatable bonds is 5. The summed E-state index contributed by atoms with van der Waals surface area (Å²) in [5, 5.41) is 15.6. The molecule has 12 heteroatoms. The first-order valence-electron chi connectivity index (χ1n) is 9.90. The molecule has 0 spiro atoms. The van der Waals surface area contributed by atoms with E-state index in [1.807, 2.05) is 6.07 Å². The third-order valence-corrected chi connectivity index (χ3v) is 5.47. The van der Waals surface area contributed by atoms with Gasteiger partial charge in [-0.15, -0.1) is 0 Å². The molecule has 2 amide bonds. The van der Waals surface area contributed by atoms with E-state index in [2.05, 4.69) is 31.3 Å². The lowest BCUT2D eigenvalue weighted by Crippen LogP contribution is -2.19. The number of amides is 2. The number of fused-ring (bicyclic) bond motifs is 1. The number of primary amides is 1. The molecule has 0 saturated heterocycles. The Kier molecular flexibility index (Phi) is 6.27. The van der Waals surface area contributed by atoms with Crippen molar-refractivity contribution in [2.24, 2.45) is 5.73 Å². The molecule has 0 aliphatic carbocycles. The lowest BCUT2D eigenvalue weighted by atomic mass is 10.1. The number of pyridine rings is 1. The van der Waals surface area contributed by atoms with Crippen molar-refractivity contribution >= 4 is 44.3 Å². The van der Waals surface area contributed by atoms with Gasteiger partial charge in [-0.2, -0.15) is 23.5 Å². The van der Waals surface area contributed by atoms with Crippen LogP contribution in [0.15, 0.2) is 59.2 Å². The van der Waals surface area contributed by atoms with Gasteiger partial charge in [0.05, 0.1) is 34.9 Å². The lowest BCUT2D eigenvalue weighted by Gasteiger charge is -2.12. The molecule has 2 heterocycles. The summed E-state index contributed by atoms with van der Waals surface area (Å²) in [7, 11) is 0. The van der Waals surface area contributed by atoms with Crippen LogP contribution in [0.5, 0.6) is 0 Å². The maximum Gasteiger partial charge on any atom is 0.433 e. The fraction of sp³-hybridized carbons (Fsp3) is 0.0870. The summed E-state index contributed by atoms with van der Waals surface area (Å²) in [5.41, 5.74) is 4.74. The highest BCUT2D eigenvalue weighted by atomic mass is 79.9. The largest absolute Gasteiger partial charge is 0.433 e. The van der Waals surface area contributed by atoms with Gasteiger partial charge in [0.25, 0.3) is 11.8 Å². The van der Waals surface area contributed by atoms with E-state index in [-0.39, 0.29) is 34.4 Å². The molecule has 0 aliphatic rings. The molecule has 0 saturated carbocycles. The van der Waals surface area contributed by atoms with E-state index in [1.54, 1.807) is 24.3 Å². The van der Waals surface area contributed by atoms with Crippen LogP contribution < -0.4 is 11.1 Å². The molecule has 2 aromatic heterocycles. The van der Waals surface area contributed by atoms with Gasteiger partial charge in [0, 0.05) is 16.1 Å². The molecule has 3 N–H and O–H groups in total. The van der Waals surface area contributed by atoms with Crippen molar-refractivity contribution in [2.45, 2.75) is 12.7 Å². The van der Waals surface area contributed by atoms with Crippen molar-refractivity contribution < 1.29 is 22.8 Å². The van der Waals surface area contributed by atoms with Crippen molar-refractivity contribution in [2.75, 3.05) is 5.32 Å². The molecule has 2 aromatic carbocycles. The summed E-state index contributed by atoms with van der Waals surface area (Å²) in [6, 6.07) is 13.6. The summed E-state index contributed by atoms with van der Waals surface area (Å²) < 4.78 is 42.1. The highest BCUT2D eigenvalue weighted by molar-refractivity contribution is 9.10. The van der Waals surface area contributed by atoms with E-state index in [1.165, 1.54) is 29.1 Å². The van der Waals surface area contributed by atoms with E-state index in [0.29, 0.717) is 16.1 Å². The van der Waals surface area contributed by atoms with Crippen molar-refractivity contribution in [1.82, 2.24) is 14.8 Å². The Bertz CT molecular complexity index is 1510. The summed E-state index contributed by atoms with van der Waals surface area (Å²) in [6.07, 6.45) is -3.43. The monoisotopic (exact) mass is 542 g/mol. The third kappa shape index (κ3) is 5.15. The highest BCUT2D eigenvalue weighted by Crippen LogP contribution is 2.32. The third-order valence-electron chi connectivity index (χ3n) is 4.98. The fourth-order valence-corrected chi connectivity index (χ4v) is 3.73. The first kappa shape index (κ1) is 23.9. The lowest BCUT2D eigenvalue weighted by molar-refractivity contribution is -0.140. The average Bonchev–Trinajstić information content (AvgIpc) is 3.20. The molecule has 0 fully saturated rings. The van der Waals surface area contributed by atoms with Crippen molar-refractivity contribution in [1.29, 1.82) is 5.26 Å². The number of halogens is 4. The molecule has 0 radical (unpaired) electrons. The average molecular weight is 543 g/mol. The van der Waals surface area contributed by atoms with E-state index >= 15 is 0 Å². The van der Waals surface area contributed by atoms with Crippen LogP contribution in [0.1, 0.15) is 37.7 Å². The van der Waals surface area contributed by atoms with Crippen LogP contribution in [0, 0.1) is 11.3 Å². The molecule has 176 valence electrons. The summed E-state index contributed by atoms with van der Waals surface area (Å²) in [6.45, 7) is 0.186. The minimum absolute atomic E-state index is 0.0280. The van der Waals surface area contributed by atoms with Gasteiger partial charge in [-0.25, -0.2) is 4.98 Å². The maximum atomic E-state index is 13.4. The van der Waals surface area contributed by atoms with Crippen LogP contribution in [0.2, 0.25) is 0 Å². The number of nitrogens with two attached hydrogens (primary N) is 1. The van der Waals surface area contributed by atoms with Crippen LogP contribution in [0.3, 0.4) is 0 Å². The molecule has 35 heavy (non-hydrogen) atoms. The van der Waals surface area contributed by atoms with E-state index in [4.69, 9.17) is 11.0 Å². The van der Waals surface area contributed by atoms with Gasteiger partial charge in [-0.3, -0.25) is 14.3 Å². The predicted octanol–water partition coefficient (Wildman–Crippen LogP) is 4.48. The molecule has 0 atom stereocenters. The molecule has 4 rings (SSSR count). The van der Waals surface area contributed by atoms with Crippen molar-refractivity contribution in [3.8, 4) is 6.07 Å². The van der Waals surface area contributed by atoms with E-state index in [0.717, 1.165) is 5.56 Å². The molecule has 0 aliphatic heterocycles. The quantitative estimate of drug-likeness (QED) is 0.384. The zero-order valence-corrected chi connectivity index (χ0v) is 19.2. The number of alkyl halides is 3. The Morgan fingerprint density at radius 2 is 1.86 bits per heavy atom. The number of carbonyl (C=O) groups is 2. The predicted molar refractivity (Wildman–Crippen MR) is 123 cm³/mol. The highest BCUT2D eigenvalue weighted by Gasteiger charge is 2.34. The van der Waals surface area contributed by atoms with Gasteiger partial charge in [-0.1, -0.05) is 28.1 Å². The number of anilines is 1. The maximum absolute atomic E-state index is 13.4. The first-order chi connectivity index (χ1) is 16.5. The number of carbonyl (C=O) groups excluding carboxylic acids is 2. The normalized spacial score (nSPS) is 11.3. The molecule has 0 unspecified atom stereocenters. The second kappa shape index (κ2) is 9.19. The number of aromatic nitrogens is 3. The minimum Gasteiger partial charge on any atom is -0.364 e. The number of nitrogens with zero attached hydrogens (tertiary/aromatic N) is 4. The van der Waals surface area contributed by atoms with Gasteiger partial charge in [0.1, 0.15) is 5.69 Å². The van der Waals surface area contributed by atoms with Crippen LogP contribution >= 0.6 is 15.9 Å². The second-order valence-corrected chi connectivity index (χ2v) is 8.35. The summed E-state index contributed by atoms with van der Waals surface area (Å²) in [5.74, 6) is -1.83. The van der Waals surface area contributed by atoms with Gasteiger partial charge in [-0.05, 0) is 42.0 Å². The Hall–Kier alpha value is -4.24. The Labute approximate surface area is 204 Å². The molecule has 4 aromatic rings. The zero-order chi connectivity index (χ0) is 25.3. The number of hydrogen-bond acceptors (Lipinski definition) is 5. The number of nitrogens with one attached hydrogen (secondary N) is 1. The number of hydrogen-bond donors (Lipinski definition) is 2. The smallest absolute Gasteiger partial charge is 0.364 e. The summed E-state index contributed by atoms with van der Waals surface area (Å²) in [4.78, 5) is 28.6. The number of benzene rings is 2. The Balaban J connectivity index is 1.71. The standard InChI is InChI=1S/C23H14BrF3N6O2/c24-14-5-6-17-15(7-14)16(8-19(30-17)23(25,26)27)22(35)31-18-11-33(32-20(18)21(29)34)10-13-3-1-12(9-28)2-4-13/h1-8,11H,10H2,(H2,29,34)(H,31,35). The van der Waals surface area contributed by atoms with Crippen LogP contribution in [-0.4, -0.2) is 26.6 Å². The summed E-state index contributed by atoms with van der Waals surface area (Å²) >= 11 is 3.24. The van der Waals surface area contributed by atoms with Gasteiger partial charge < -0.3 is 11.1 Å². The topological polar surface area (TPSA) is 127 Å². The van der Waals surface area contributed by atoms with Gasteiger partial charge >= 0.3 is 6.18 Å². The molecule has 8 nitrogen and oxygen atoms in total. The van der Waals surface area contributed by atoms with Gasteiger partial charge in [0.2, 0.25) is 0 Å². The van der Waals surface area contributed by atoms with Gasteiger partial charge in [0.15, 0.2) is 5.69 Å². The first-order valence-corrected chi connectivity index (χ1v) is 10.7. The van der Waals surface area contributed by atoms with Crippen molar-refractivity contribution in [3.63, 3.8) is 0 Å². The molecule has 0 bridgehead atoms. The second-order valence-electron chi connectivity index (χ2n) is 7.43. The number of nitriles is 1. The molecular formula is C23H14BrF3N6O2. The Morgan fingerprint density at radius 1 is 1.14 bits per heavy atom. The van der Waals surface area contributed by atoms with Crippen LogP contribution in [0.25, 0.3) is 10.9 Å². The van der Waals surface area contributed by atoms with Crippen molar-refractivity contribution in [3.05, 3.63) is 87.3 Å². The van der Waals surface area contributed by atoms with Crippen LogP contribution in [-0.2, 0) is 12.7 Å². The SMILES string of the molecule is N#Cc1ccc(Cn2cc(NC(=O)c3cc(C(F)(F)F)nc4ccc(Br)cc34)c(C(N)=O)n2)cc1. The van der Waals surface area contributed by atoms with E-state index in [9.17, 15) is 22.8 Å². The minimum atomic E-state index is -4.78. The molecular weight excluding hydrogens is 529 g/mol. The fourth-order valence-electron chi connectivity index (χ4n) is 3.37. The zero-order valence-electron chi connectivity index (χ0n) is 17.6. The Morgan fingerprint density at radius 3 is 2.49 bits per heavy atom. The van der Waals surface area contributed by atoms with E-state index < -0.39 is 23.7 Å².